The number of amides is 1. The number of aromatic nitrogens is 1. The number of aryl methyl sites for hydroxylation is 1. The number of anilines is 1. The van der Waals surface area contributed by atoms with Crippen molar-refractivity contribution in [2.24, 2.45) is 0 Å². The number of benzene rings is 3. The molecule has 146 valence electrons. The predicted molar refractivity (Wildman–Crippen MR) is 120 cm³/mol. The van der Waals surface area contributed by atoms with Crippen molar-refractivity contribution < 1.29 is 4.79 Å². The Balaban J connectivity index is 1.51. The van der Waals surface area contributed by atoms with Gasteiger partial charge in [-0.25, -0.2) is 4.98 Å². The number of nitrogens with zero attached hydrogens (tertiary/aromatic N) is 2. The molecule has 4 nitrogen and oxygen atoms in total. The van der Waals surface area contributed by atoms with Crippen LogP contribution in [0.5, 0.6) is 0 Å². The van der Waals surface area contributed by atoms with Crippen molar-refractivity contribution in [2.45, 2.75) is 13.0 Å². The summed E-state index contributed by atoms with van der Waals surface area (Å²) in [6, 6.07) is 26.5. The summed E-state index contributed by atoms with van der Waals surface area (Å²) in [5.74, 6) is -0.0166. The van der Waals surface area contributed by atoms with E-state index < -0.39 is 0 Å². The van der Waals surface area contributed by atoms with Gasteiger partial charge in [-0.1, -0.05) is 83.6 Å². The topological polar surface area (TPSA) is 45.2 Å². The van der Waals surface area contributed by atoms with Gasteiger partial charge in [-0.15, -0.1) is 0 Å². The van der Waals surface area contributed by atoms with Gasteiger partial charge >= 0.3 is 0 Å². The molecular weight excluding hydrogens is 378 g/mol. The van der Waals surface area contributed by atoms with Crippen LogP contribution in [0.4, 0.5) is 5.13 Å². The van der Waals surface area contributed by atoms with Crippen LogP contribution in [0.15, 0.2) is 78.9 Å². The highest BCUT2D eigenvalue weighted by molar-refractivity contribution is 7.22. The molecule has 1 unspecified atom stereocenters. The first-order chi connectivity index (χ1) is 14.1. The van der Waals surface area contributed by atoms with E-state index in [2.05, 4.69) is 53.6 Å². The summed E-state index contributed by atoms with van der Waals surface area (Å²) in [4.78, 5) is 19.1. The van der Waals surface area contributed by atoms with Crippen molar-refractivity contribution in [3.63, 3.8) is 0 Å². The Morgan fingerprint density at radius 1 is 0.966 bits per heavy atom. The van der Waals surface area contributed by atoms with Gasteiger partial charge in [0.2, 0.25) is 5.91 Å². The summed E-state index contributed by atoms with van der Waals surface area (Å²) in [5.41, 5.74) is 4.40. The fourth-order valence-corrected chi connectivity index (χ4v) is 4.19. The average Bonchev–Trinajstić information content (AvgIpc) is 3.19. The molecule has 0 aliphatic carbocycles. The van der Waals surface area contributed by atoms with Crippen LogP contribution in [0.3, 0.4) is 0 Å². The summed E-state index contributed by atoms with van der Waals surface area (Å²) >= 11 is 1.53. The minimum absolute atomic E-state index is 0.0166. The number of likely N-dealkylation sites (N-methyl/N-ethyl adjacent to an activating group) is 1. The number of hydrogen-bond donors (Lipinski definition) is 1. The summed E-state index contributed by atoms with van der Waals surface area (Å²) in [7, 11) is 1.78. The molecule has 0 aliphatic heterocycles. The molecule has 0 fully saturated rings. The van der Waals surface area contributed by atoms with Crippen molar-refractivity contribution in [2.75, 3.05) is 18.5 Å². The fourth-order valence-electron chi connectivity index (χ4n) is 3.25. The van der Waals surface area contributed by atoms with Crippen LogP contribution in [0.2, 0.25) is 0 Å². The molecule has 0 spiro atoms. The number of para-hydroxylation sites is 1. The van der Waals surface area contributed by atoms with Gasteiger partial charge in [0, 0.05) is 7.05 Å². The predicted octanol–water partition coefficient (Wildman–Crippen LogP) is 4.95. The first kappa shape index (κ1) is 19.3. The lowest BCUT2D eigenvalue weighted by molar-refractivity contribution is -0.117. The van der Waals surface area contributed by atoms with Crippen LogP contribution in [-0.2, 0) is 4.79 Å². The summed E-state index contributed by atoms with van der Waals surface area (Å²) in [5, 5.41) is 4.15. The van der Waals surface area contributed by atoms with Gasteiger partial charge in [-0.3, -0.25) is 15.0 Å². The highest BCUT2D eigenvalue weighted by Crippen LogP contribution is 2.28. The summed E-state index contributed by atoms with van der Waals surface area (Å²) in [6.07, 6.45) is 0. The number of nitrogens with one attached hydrogen (secondary N) is 1. The summed E-state index contributed by atoms with van der Waals surface area (Å²) < 4.78 is 1.08. The Morgan fingerprint density at radius 2 is 1.62 bits per heavy atom. The number of rotatable bonds is 6. The first-order valence-corrected chi connectivity index (χ1v) is 10.4. The number of thiazole rings is 1. The molecule has 1 heterocycles. The smallest absolute Gasteiger partial charge is 0.242 e. The minimum Gasteiger partial charge on any atom is -0.298 e. The van der Waals surface area contributed by atoms with Crippen LogP contribution in [0.1, 0.15) is 22.7 Å². The third kappa shape index (κ3) is 4.36. The zero-order valence-corrected chi connectivity index (χ0v) is 17.3. The molecule has 0 bridgehead atoms. The second kappa shape index (κ2) is 8.55. The van der Waals surface area contributed by atoms with E-state index in [1.54, 1.807) is 11.9 Å². The maximum absolute atomic E-state index is 12.9. The van der Waals surface area contributed by atoms with E-state index in [0.717, 1.165) is 21.3 Å². The van der Waals surface area contributed by atoms with E-state index in [1.165, 1.54) is 16.9 Å². The van der Waals surface area contributed by atoms with Crippen LogP contribution < -0.4 is 10.2 Å². The monoisotopic (exact) mass is 401 g/mol. The maximum Gasteiger partial charge on any atom is 0.242 e. The average molecular weight is 402 g/mol. The largest absolute Gasteiger partial charge is 0.298 e. The first-order valence-electron chi connectivity index (χ1n) is 9.59. The van der Waals surface area contributed by atoms with Crippen molar-refractivity contribution in [1.29, 1.82) is 0 Å². The Kier molecular flexibility index (Phi) is 5.69. The quantitative estimate of drug-likeness (QED) is 0.497. The van der Waals surface area contributed by atoms with Crippen molar-refractivity contribution in [3.05, 3.63) is 95.6 Å². The van der Waals surface area contributed by atoms with Crippen LogP contribution in [-0.4, -0.2) is 24.5 Å². The molecule has 1 amide bonds. The standard InChI is InChI=1S/C24H23N3OS/c1-17-12-14-19(15-13-17)23(18-8-4-3-5-9-18)25-16-22(28)27(2)24-26-20-10-6-7-11-21(20)29-24/h3-15,23,25H,16H2,1-2H3. The normalized spacial score (nSPS) is 12.1. The van der Waals surface area contributed by atoms with Crippen LogP contribution >= 0.6 is 11.3 Å². The molecule has 0 saturated carbocycles. The van der Waals surface area contributed by atoms with Gasteiger partial charge in [-0.2, -0.15) is 0 Å². The number of hydrogen-bond acceptors (Lipinski definition) is 4. The molecule has 4 aromatic rings. The van der Waals surface area contributed by atoms with E-state index in [0.29, 0.717) is 5.13 Å². The minimum atomic E-state index is -0.0514. The SMILES string of the molecule is Cc1ccc(C(NCC(=O)N(C)c2nc3ccccc3s2)c2ccccc2)cc1. The molecular formula is C24H23N3OS. The van der Waals surface area contributed by atoms with Gasteiger partial charge < -0.3 is 0 Å². The highest BCUT2D eigenvalue weighted by atomic mass is 32.1. The van der Waals surface area contributed by atoms with Gasteiger partial charge in [0.15, 0.2) is 5.13 Å². The Bertz CT molecular complexity index is 1070. The lowest BCUT2D eigenvalue weighted by atomic mass is 9.98. The zero-order chi connectivity index (χ0) is 20.2. The van der Waals surface area contributed by atoms with E-state index >= 15 is 0 Å². The molecule has 4 rings (SSSR count). The van der Waals surface area contributed by atoms with Crippen LogP contribution in [0, 0.1) is 6.92 Å². The third-order valence-electron chi connectivity index (χ3n) is 4.94. The molecule has 29 heavy (non-hydrogen) atoms. The van der Waals surface area contributed by atoms with E-state index in [1.807, 2.05) is 42.5 Å². The number of carbonyl (C=O) groups excluding carboxylic acids is 1. The third-order valence-corrected chi connectivity index (χ3v) is 6.06. The summed E-state index contributed by atoms with van der Waals surface area (Å²) in [6.45, 7) is 2.30. The number of carbonyl (C=O) groups is 1. The molecule has 5 heteroatoms. The van der Waals surface area contributed by atoms with Gasteiger partial charge in [0.1, 0.15) is 0 Å². The zero-order valence-electron chi connectivity index (χ0n) is 16.5. The van der Waals surface area contributed by atoms with Crippen molar-refractivity contribution in [1.82, 2.24) is 10.3 Å². The molecule has 0 aliphatic rings. The van der Waals surface area contributed by atoms with Gasteiger partial charge in [-0.05, 0) is 30.2 Å². The second-order valence-electron chi connectivity index (χ2n) is 7.05. The van der Waals surface area contributed by atoms with E-state index in [9.17, 15) is 4.79 Å². The van der Waals surface area contributed by atoms with Crippen LogP contribution in [0.25, 0.3) is 10.2 Å². The lowest BCUT2D eigenvalue weighted by Crippen LogP contribution is -2.37. The van der Waals surface area contributed by atoms with Gasteiger partial charge in [0.25, 0.3) is 0 Å². The lowest BCUT2D eigenvalue weighted by Gasteiger charge is -2.21. The molecule has 1 atom stereocenters. The Labute approximate surface area is 174 Å². The number of fused-ring (bicyclic) bond motifs is 1. The maximum atomic E-state index is 12.9. The molecule has 0 saturated heterocycles. The van der Waals surface area contributed by atoms with Gasteiger partial charge in [0.05, 0.1) is 22.8 Å². The Hall–Kier alpha value is -3.02. The molecule has 1 aromatic heterocycles. The molecule has 1 N–H and O–H groups in total. The molecule has 3 aromatic carbocycles. The Morgan fingerprint density at radius 3 is 2.34 bits per heavy atom. The van der Waals surface area contributed by atoms with Crippen molar-refractivity contribution >= 4 is 32.6 Å². The highest BCUT2D eigenvalue weighted by Gasteiger charge is 2.19. The van der Waals surface area contributed by atoms with E-state index in [4.69, 9.17) is 0 Å². The van der Waals surface area contributed by atoms with E-state index in [-0.39, 0.29) is 18.5 Å². The second-order valence-corrected chi connectivity index (χ2v) is 8.06. The molecule has 0 radical (unpaired) electrons. The fraction of sp³-hybridized carbons (Fsp3) is 0.167. The van der Waals surface area contributed by atoms with Crippen molar-refractivity contribution in [3.8, 4) is 0 Å².